The smallest absolute Gasteiger partial charge is 0.226 e. The summed E-state index contributed by atoms with van der Waals surface area (Å²) in [6.45, 7) is 5.09. The summed E-state index contributed by atoms with van der Waals surface area (Å²) in [5, 5.41) is 6.73. The van der Waals surface area contributed by atoms with Crippen molar-refractivity contribution in [2.75, 3.05) is 13.6 Å². The first-order chi connectivity index (χ1) is 11.2. The van der Waals surface area contributed by atoms with E-state index in [4.69, 9.17) is 4.42 Å². The molecule has 0 spiro atoms. The van der Waals surface area contributed by atoms with Gasteiger partial charge in [-0.1, -0.05) is 24.6 Å². The van der Waals surface area contributed by atoms with Crippen LogP contribution in [0.15, 0.2) is 39.9 Å². The molecule has 1 aliphatic carbocycles. The molecule has 23 heavy (non-hydrogen) atoms. The molecule has 1 aliphatic rings. The Hall–Kier alpha value is -2.30. The van der Waals surface area contributed by atoms with Crippen LogP contribution in [0, 0.1) is 12.8 Å². The average Bonchev–Trinajstić information content (AvgIpc) is 3.05. The number of guanidine groups is 1. The van der Waals surface area contributed by atoms with Crippen LogP contribution in [0.2, 0.25) is 0 Å². The van der Waals surface area contributed by atoms with Crippen LogP contribution in [0.1, 0.15) is 24.6 Å². The molecular weight excluding hydrogens is 288 g/mol. The van der Waals surface area contributed by atoms with E-state index in [0.29, 0.717) is 11.9 Å². The van der Waals surface area contributed by atoms with E-state index in [1.165, 1.54) is 12.0 Å². The van der Waals surface area contributed by atoms with Gasteiger partial charge in [0, 0.05) is 31.6 Å². The predicted molar refractivity (Wildman–Crippen MR) is 92.4 cm³/mol. The van der Waals surface area contributed by atoms with Gasteiger partial charge in [-0.2, -0.15) is 0 Å². The molecule has 0 amide bonds. The van der Waals surface area contributed by atoms with Gasteiger partial charge in [0.1, 0.15) is 6.26 Å². The number of aliphatic imine (C=N–C) groups is 1. The summed E-state index contributed by atoms with van der Waals surface area (Å²) in [6.07, 6.45) is 3.76. The molecule has 2 atom stereocenters. The van der Waals surface area contributed by atoms with Crippen LogP contribution in [0.5, 0.6) is 0 Å². The molecule has 2 aromatic rings. The van der Waals surface area contributed by atoms with Gasteiger partial charge < -0.3 is 15.1 Å². The zero-order valence-electron chi connectivity index (χ0n) is 14.0. The first-order valence-electron chi connectivity index (χ1n) is 8.14. The fourth-order valence-corrected chi connectivity index (χ4v) is 2.45. The number of hydrogen-bond donors (Lipinski definition) is 2. The number of oxazole rings is 1. The van der Waals surface area contributed by atoms with Crippen LogP contribution >= 0.6 is 0 Å². The number of aromatic nitrogens is 1. The molecule has 5 heteroatoms. The van der Waals surface area contributed by atoms with Gasteiger partial charge in [-0.05, 0) is 31.4 Å². The van der Waals surface area contributed by atoms with E-state index in [1.54, 1.807) is 13.3 Å². The lowest BCUT2D eigenvalue weighted by Gasteiger charge is -2.10. The van der Waals surface area contributed by atoms with Crippen LogP contribution in [0.4, 0.5) is 0 Å². The van der Waals surface area contributed by atoms with Crippen LogP contribution in [0.25, 0.3) is 11.5 Å². The highest BCUT2D eigenvalue weighted by Gasteiger charge is 2.33. The monoisotopic (exact) mass is 312 g/mol. The van der Waals surface area contributed by atoms with Crippen molar-refractivity contribution in [3.05, 3.63) is 41.8 Å². The normalized spacial score (nSPS) is 20.4. The predicted octanol–water partition coefficient (Wildman–Crippen LogP) is 2.77. The molecular formula is C18H24N4O. The van der Waals surface area contributed by atoms with E-state index in [2.05, 4.69) is 46.6 Å². The van der Waals surface area contributed by atoms with Gasteiger partial charge in [0.15, 0.2) is 5.96 Å². The maximum absolute atomic E-state index is 5.58. The fraction of sp³-hybridized carbons (Fsp3) is 0.444. The van der Waals surface area contributed by atoms with E-state index in [1.807, 2.05) is 12.1 Å². The Kier molecular flexibility index (Phi) is 4.65. The molecule has 0 aliphatic heterocycles. The van der Waals surface area contributed by atoms with Crippen molar-refractivity contribution in [2.24, 2.45) is 10.9 Å². The lowest BCUT2D eigenvalue weighted by atomic mass is 10.1. The number of hydrogen-bond acceptors (Lipinski definition) is 3. The summed E-state index contributed by atoms with van der Waals surface area (Å²) >= 11 is 0. The maximum Gasteiger partial charge on any atom is 0.226 e. The highest BCUT2D eigenvalue weighted by atomic mass is 16.3. The van der Waals surface area contributed by atoms with E-state index < -0.39 is 0 Å². The molecule has 5 nitrogen and oxygen atoms in total. The maximum atomic E-state index is 5.58. The molecule has 0 radical (unpaired) electrons. The van der Waals surface area contributed by atoms with Crippen LogP contribution in [0.3, 0.4) is 0 Å². The molecule has 1 saturated carbocycles. The SMILES string of the molecule is CN=C(NCCc1coc(-c2ccc(C)cc2)n1)NC1CC1C. The van der Waals surface area contributed by atoms with Gasteiger partial charge >= 0.3 is 0 Å². The Morgan fingerprint density at radius 1 is 1.35 bits per heavy atom. The molecule has 1 heterocycles. The van der Waals surface area contributed by atoms with Crippen molar-refractivity contribution >= 4 is 5.96 Å². The molecule has 2 unspecified atom stereocenters. The van der Waals surface area contributed by atoms with Gasteiger partial charge in [0.05, 0.1) is 5.69 Å². The van der Waals surface area contributed by atoms with Crippen molar-refractivity contribution in [1.82, 2.24) is 15.6 Å². The quantitative estimate of drug-likeness (QED) is 0.658. The number of rotatable bonds is 5. The van der Waals surface area contributed by atoms with Gasteiger partial charge in [-0.15, -0.1) is 0 Å². The largest absolute Gasteiger partial charge is 0.444 e. The zero-order chi connectivity index (χ0) is 16.2. The summed E-state index contributed by atoms with van der Waals surface area (Å²) in [4.78, 5) is 8.80. The third-order valence-electron chi connectivity index (χ3n) is 4.18. The minimum Gasteiger partial charge on any atom is -0.444 e. The molecule has 1 aromatic heterocycles. The lowest BCUT2D eigenvalue weighted by Crippen LogP contribution is -2.39. The zero-order valence-corrected chi connectivity index (χ0v) is 14.0. The second-order valence-corrected chi connectivity index (χ2v) is 6.22. The Morgan fingerprint density at radius 2 is 2.09 bits per heavy atom. The van der Waals surface area contributed by atoms with Crippen molar-refractivity contribution in [3.8, 4) is 11.5 Å². The van der Waals surface area contributed by atoms with E-state index in [-0.39, 0.29) is 0 Å². The van der Waals surface area contributed by atoms with E-state index >= 15 is 0 Å². The van der Waals surface area contributed by atoms with Gasteiger partial charge in [-0.3, -0.25) is 4.99 Å². The van der Waals surface area contributed by atoms with Gasteiger partial charge in [0.2, 0.25) is 5.89 Å². The van der Waals surface area contributed by atoms with Crippen LogP contribution in [-0.4, -0.2) is 30.6 Å². The second kappa shape index (κ2) is 6.86. The second-order valence-electron chi connectivity index (χ2n) is 6.22. The first-order valence-corrected chi connectivity index (χ1v) is 8.14. The molecule has 2 N–H and O–H groups in total. The molecule has 122 valence electrons. The standard InChI is InChI=1S/C18H24N4O/c1-12-4-6-14(7-5-12)17-21-15(11-23-17)8-9-20-18(19-3)22-16-10-13(16)2/h4-7,11,13,16H,8-10H2,1-3H3,(H2,19,20,22). The third kappa shape index (κ3) is 4.12. The van der Waals surface area contributed by atoms with Gasteiger partial charge in [-0.25, -0.2) is 4.98 Å². The summed E-state index contributed by atoms with van der Waals surface area (Å²) < 4.78 is 5.58. The Labute approximate surface area is 137 Å². The van der Waals surface area contributed by atoms with E-state index in [0.717, 1.165) is 36.1 Å². The van der Waals surface area contributed by atoms with Crippen molar-refractivity contribution in [3.63, 3.8) is 0 Å². The highest BCUT2D eigenvalue weighted by molar-refractivity contribution is 5.80. The Morgan fingerprint density at radius 3 is 2.74 bits per heavy atom. The number of nitrogens with one attached hydrogen (secondary N) is 2. The Balaban J connectivity index is 1.50. The first kappa shape index (κ1) is 15.6. The summed E-state index contributed by atoms with van der Waals surface area (Å²) in [6, 6.07) is 8.77. The fourth-order valence-electron chi connectivity index (χ4n) is 2.45. The molecule has 0 bridgehead atoms. The minimum atomic E-state index is 0.571. The number of benzene rings is 1. The molecule has 1 fully saturated rings. The minimum absolute atomic E-state index is 0.571. The highest BCUT2D eigenvalue weighted by Crippen LogP contribution is 2.28. The van der Waals surface area contributed by atoms with Crippen LogP contribution < -0.4 is 10.6 Å². The average molecular weight is 312 g/mol. The van der Waals surface area contributed by atoms with Crippen molar-refractivity contribution < 1.29 is 4.42 Å². The number of nitrogens with zero attached hydrogens (tertiary/aromatic N) is 2. The number of aryl methyl sites for hydroxylation is 1. The summed E-state index contributed by atoms with van der Waals surface area (Å²) in [5.41, 5.74) is 3.19. The summed E-state index contributed by atoms with van der Waals surface area (Å²) in [7, 11) is 1.80. The van der Waals surface area contributed by atoms with E-state index in [9.17, 15) is 0 Å². The van der Waals surface area contributed by atoms with Crippen molar-refractivity contribution in [1.29, 1.82) is 0 Å². The topological polar surface area (TPSA) is 62.5 Å². The van der Waals surface area contributed by atoms with Crippen LogP contribution in [-0.2, 0) is 6.42 Å². The molecule has 0 saturated heterocycles. The lowest BCUT2D eigenvalue weighted by molar-refractivity contribution is 0.572. The van der Waals surface area contributed by atoms with Crippen molar-refractivity contribution in [2.45, 2.75) is 32.7 Å². The Bertz CT molecular complexity index is 675. The molecule has 3 rings (SSSR count). The van der Waals surface area contributed by atoms with Gasteiger partial charge in [0.25, 0.3) is 0 Å². The summed E-state index contributed by atoms with van der Waals surface area (Å²) in [5.74, 6) is 2.29. The molecule has 1 aromatic carbocycles. The third-order valence-corrected chi connectivity index (χ3v) is 4.18.